The molecule has 0 radical (unpaired) electrons. The molecule has 0 aromatic rings. The van der Waals surface area contributed by atoms with Gasteiger partial charge in [-0.15, -0.1) is 0 Å². The number of nitrogens with zero attached hydrogens (tertiary/aromatic N) is 1. The Hall–Kier alpha value is -1.10. The smallest absolute Gasteiger partial charge is 0.325 e. The molecule has 1 saturated heterocycles. The molecule has 0 bridgehead atoms. The van der Waals surface area contributed by atoms with E-state index in [-0.39, 0.29) is 12.5 Å². The zero-order valence-electron chi connectivity index (χ0n) is 7.07. The largest absolute Gasteiger partial charge is 0.394 e. The highest BCUT2D eigenvalue weighted by atomic mass is 16.3. The highest BCUT2D eigenvalue weighted by molar-refractivity contribution is 6.04. The summed E-state index contributed by atoms with van der Waals surface area (Å²) in [6, 6.07) is -1.33. The molecule has 0 saturated carbocycles. The fourth-order valence-corrected chi connectivity index (χ4v) is 1.12. The minimum absolute atomic E-state index is 0.203. The first kappa shape index (κ1) is 8.99. The number of aliphatic hydroxyl groups is 1. The minimum Gasteiger partial charge on any atom is -0.394 e. The third-order valence-electron chi connectivity index (χ3n) is 1.87. The van der Waals surface area contributed by atoms with E-state index >= 15 is 0 Å². The molecule has 5 nitrogen and oxygen atoms in total. The summed E-state index contributed by atoms with van der Waals surface area (Å²) >= 11 is 0. The molecular formula is C7H12N2O3. The predicted octanol–water partition coefficient (Wildman–Crippen LogP) is -0.693. The molecule has 0 aromatic heterocycles. The van der Waals surface area contributed by atoms with Crippen LogP contribution in [0.5, 0.6) is 0 Å². The summed E-state index contributed by atoms with van der Waals surface area (Å²) in [6.45, 7) is 3.03. The highest BCUT2D eigenvalue weighted by Gasteiger charge is 2.37. The van der Waals surface area contributed by atoms with Gasteiger partial charge < -0.3 is 10.4 Å². The average molecular weight is 172 g/mol. The Morgan fingerprint density at radius 3 is 2.58 bits per heavy atom. The second-order valence-corrected chi connectivity index (χ2v) is 2.91. The lowest BCUT2D eigenvalue weighted by Crippen LogP contribution is -2.41. The van der Waals surface area contributed by atoms with Crippen molar-refractivity contribution in [1.82, 2.24) is 10.2 Å². The lowest BCUT2D eigenvalue weighted by molar-refractivity contribution is -0.129. The maximum Gasteiger partial charge on any atom is 0.325 e. The van der Waals surface area contributed by atoms with Crippen LogP contribution in [0.25, 0.3) is 0 Å². The molecule has 2 N–H and O–H groups in total. The molecular weight excluding hydrogens is 160 g/mol. The molecule has 12 heavy (non-hydrogen) atoms. The molecule has 1 rings (SSSR count). The van der Waals surface area contributed by atoms with Crippen molar-refractivity contribution in [3.63, 3.8) is 0 Å². The van der Waals surface area contributed by atoms with E-state index in [0.29, 0.717) is 0 Å². The SMILES string of the molecule is CC1NC(=O)N(C(C)CO)C1=O. The van der Waals surface area contributed by atoms with Gasteiger partial charge in [0.1, 0.15) is 6.04 Å². The number of aliphatic hydroxyl groups excluding tert-OH is 1. The van der Waals surface area contributed by atoms with Crippen LogP contribution in [0, 0.1) is 0 Å². The van der Waals surface area contributed by atoms with Gasteiger partial charge in [-0.1, -0.05) is 0 Å². The summed E-state index contributed by atoms with van der Waals surface area (Å²) < 4.78 is 0. The monoisotopic (exact) mass is 172 g/mol. The number of hydrogen-bond donors (Lipinski definition) is 2. The van der Waals surface area contributed by atoms with Crippen LogP contribution in [0.1, 0.15) is 13.8 Å². The van der Waals surface area contributed by atoms with E-state index in [1.165, 1.54) is 0 Å². The Morgan fingerprint density at radius 1 is 1.67 bits per heavy atom. The van der Waals surface area contributed by atoms with Crippen molar-refractivity contribution in [2.75, 3.05) is 6.61 Å². The van der Waals surface area contributed by atoms with E-state index < -0.39 is 18.1 Å². The predicted molar refractivity (Wildman–Crippen MR) is 41.4 cm³/mol. The number of nitrogens with one attached hydrogen (secondary N) is 1. The van der Waals surface area contributed by atoms with E-state index in [2.05, 4.69) is 5.32 Å². The first-order valence-corrected chi connectivity index (χ1v) is 3.82. The molecule has 1 fully saturated rings. The van der Waals surface area contributed by atoms with Gasteiger partial charge in [-0.2, -0.15) is 0 Å². The van der Waals surface area contributed by atoms with Crippen LogP contribution in [-0.4, -0.2) is 40.6 Å². The first-order chi connectivity index (χ1) is 5.57. The van der Waals surface area contributed by atoms with Crippen molar-refractivity contribution in [1.29, 1.82) is 0 Å². The van der Waals surface area contributed by atoms with Crippen molar-refractivity contribution in [2.24, 2.45) is 0 Å². The van der Waals surface area contributed by atoms with Crippen LogP contribution in [0.3, 0.4) is 0 Å². The molecule has 1 aliphatic rings. The van der Waals surface area contributed by atoms with E-state index in [1.807, 2.05) is 0 Å². The Labute approximate surface area is 70.4 Å². The lowest BCUT2D eigenvalue weighted by atomic mass is 10.3. The molecule has 0 spiro atoms. The van der Waals surface area contributed by atoms with Crippen LogP contribution in [0.4, 0.5) is 4.79 Å². The van der Waals surface area contributed by atoms with Gasteiger partial charge in [-0.05, 0) is 13.8 Å². The van der Waals surface area contributed by atoms with Crippen LogP contribution < -0.4 is 5.32 Å². The summed E-state index contributed by atoms with van der Waals surface area (Å²) in [5.41, 5.74) is 0. The van der Waals surface area contributed by atoms with E-state index in [0.717, 1.165) is 4.90 Å². The van der Waals surface area contributed by atoms with Gasteiger partial charge in [-0.3, -0.25) is 9.69 Å². The van der Waals surface area contributed by atoms with Crippen LogP contribution >= 0.6 is 0 Å². The molecule has 2 unspecified atom stereocenters. The van der Waals surface area contributed by atoms with E-state index in [4.69, 9.17) is 5.11 Å². The van der Waals surface area contributed by atoms with E-state index in [9.17, 15) is 9.59 Å². The number of hydrogen-bond acceptors (Lipinski definition) is 3. The molecule has 0 aromatic carbocycles. The number of urea groups is 1. The zero-order valence-corrected chi connectivity index (χ0v) is 7.07. The van der Waals surface area contributed by atoms with Gasteiger partial charge in [0.2, 0.25) is 0 Å². The minimum atomic E-state index is -0.466. The van der Waals surface area contributed by atoms with Crippen LogP contribution in [0.15, 0.2) is 0 Å². The molecule has 0 aliphatic carbocycles. The summed E-state index contributed by atoms with van der Waals surface area (Å²) in [6.07, 6.45) is 0. The maximum atomic E-state index is 11.2. The van der Waals surface area contributed by atoms with Crippen molar-refractivity contribution >= 4 is 11.9 Å². The molecule has 2 atom stereocenters. The Bertz CT molecular complexity index is 217. The quantitative estimate of drug-likeness (QED) is 0.541. The van der Waals surface area contributed by atoms with Crippen LogP contribution in [-0.2, 0) is 4.79 Å². The second kappa shape index (κ2) is 3.10. The maximum absolute atomic E-state index is 11.2. The lowest BCUT2D eigenvalue weighted by Gasteiger charge is -2.18. The number of carbonyl (C=O) groups excluding carboxylic acids is 2. The summed E-state index contributed by atoms with van der Waals surface area (Å²) in [5, 5.41) is 11.2. The topological polar surface area (TPSA) is 69.6 Å². The molecule has 1 heterocycles. The standard InChI is InChI=1S/C7H12N2O3/c1-4(3-10)9-6(11)5(2)8-7(9)12/h4-5,10H,3H2,1-2H3,(H,8,12). The van der Waals surface area contributed by atoms with Crippen molar-refractivity contribution < 1.29 is 14.7 Å². The normalized spacial score (nSPS) is 25.9. The van der Waals surface area contributed by atoms with Crippen molar-refractivity contribution in [3.8, 4) is 0 Å². The molecule has 1 aliphatic heterocycles. The number of amides is 3. The van der Waals surface area contributed by atoms with Gasteiger partial charge >= 0.3 is 6.03 Å². The third kappa shape index (κ3) is 1.27. The average Bonchev–Trinajstić information content (AvgIpc) is 2.26. The number of rotatable bonds is 2. The first-order valence-electron chi connectivity index (χ1n) is 3.82. The molecule has 68 valence electrons. The van der Waals surface area contributed by atoms with Gasteiger partial charge in [0.25, 0.3) is 5.91 Å². The molecule has 5 heteroatoms. The van der Waals surface area contributed by atoms with E-state index in [1.54, 1.807) is 13.8 Å². The number of carbonyl (C=O) groups is 2. The fourth-order valence-electron chi connectivity index (χ4n) is 1.12. The Balaban J connectivity index is 2.76. The van der Waals surface area contributed by atoms with Gasteiger partial charge in [-0.25, -0.2) is 4.79 Å². The fraction of sp³-hybridized carbons (Fsp3) is 0.714. The van der Waals surface area contributed by atoms with Gasteiger partial charge in [0.15, 0.2) is 0 Å². The summed E-state index contributed by atoms with van der Waals surface area (Å²) in [7, 11) is 0. The van der Waals surface area contributed by atoms with Gasteiger partial charge in [0, 0.05) is 0 Å². The van der Waals surface area contributed by atoms with Crippen molar-refractivity contribution in [2.45, 2.75) is 25.9 Å². The molecule has 3 amide bonds. The second-order valence-electron chi connectivity index (χ2n) is 2.91. The number of imide groups is 1. The third-order valence-corrected chi connectivity index (χ3v) is 1.87. The highest BCUT2D eigenvalue weighted by Crippen LogP contribution is 2.09. The summed E-state index contributed by atoms with van der Waals surface area (Å²) in [4.78, 5) is 23.4. The van der Waals surface area contributed by atoms with Gasteiger partial charge in [0.05, 0.1) is 12.6 Å². The van der Waals surface area contributed by atoms with Crippen LogP contribution in [0.2, 0.25) is 0 Å². The summed E-state index contributed by atoms with van der Waals surface area (Å²) in [5.74, 6) is -0.276. The Kier molecular flexibility index (Phi) is 2.32. The Morgan fingerprint density at radius 2 is 2.25 bits per heavy atom. The zero-order chi connectivity index (χ0) is 9.30. The van der Waals surface area contributed by atoms with Crippen molar-refractivity contribution in [3.05, 3.63) is 0 Å².